The van der Waals surface area contributed by atoms with Crippen molar-refractivity contribution in [2.75, 3.05) is 6.54 Å². The zero-order chi connectivity index (χ0) is 25.5. The quantitative estimate of drug-likeness (QED) is 0.287. The Labute approximate surface area is 212 Å². The molecule has 1 amide bonds. The molecular formula is C29H29N3O3S. The number of sulfone groups is 1. The SMILES string of the molecule is C=CCN(Cc1cnc(S(=O)(=O)Cc2ccc(C)cc2)n1Cc1ccccc1)C(=O)c1ccccc1. The number of hydrogen-bond donors (Lipinski definition) is 0. The number of carbonyl (C=O) groups excluding carboxylic acids is 1. The molecule has 0 aliphatic heterocycles. The van der Waals surface area contributed by atoms with Gasteiger partial charge in [0.15, 0.2) is 0 Å². The van der Waals surface area contributed by atoms with Gasteiger partial charge in [-0.15, -0.1) is 6.58 Å². The molecule has 0 bridgehead atoms. The average Bonchev–Trinajstić information content (AvgIpc) is 3.28. The fourth-order valence-electron chi connectivity index (χ4n) is 4.00. The van der Waals surface area contributed by atoms with Gasteiger partial charge in [-0.05, 0) is 30.2 Å². The summed E-state index contributed by atoms with van der Waals surface area (Å²) < 4.78 is 28.7. The van der Waals surface area contributed by atoms with E-state index in [1.165, 1.54) is 0 Å². The van der Waals surface area contributed by atoms with E-state index in [-0.39, 0.29) is 23.4 Å². The molecule has 0 aliphatic carbocycles. The normalized spacial score (nSPS) is 11.2. The molecule has 0 unspecified atom stereocenters. The first-order chi connectivity index (χ1) is 17.4. The van der Waals surface area contributed by atoms with Gasteiger partial charge >= 0.3 is 0 Å². The summed E-state index contributed by atoms with van der Waals surface area (Å²) in [4.78, 5) is 19.2. The van der Waals surface area contributed by atoms with Crippen molar-refractivity contribution in [1.29, 1.82) is 0 Å². The van der Waals surface area contributed by atoms with Crippen molar-refractivity contribution in [3.05, 3.63) is 132 Å². The van der Waals surface area contributed by atoms with E-state index in [1.807, 2.05) is 79.7 Å². The van der Waals surface area contributed by atoms with Crippen LogP contribution in [0.15, 0.2) is 109 Å². The van der Waals surface area contributed by atoms with Gasteiger partial charge in [0, 0.05) is 12.1 Å². The molecule has 0 saturated carbocycles. The van der Waals surface area contributed by atoms with Gasteiger partial charge in [0.2, 0.25) is 15.0 Å². The lowest BCUT2D eigenvalue weighted by Crippen LogP contribution is -2.32. The van der Waals surface area contributed by atoms with Crippen LogP contribution in [0.3, 0.4) is 0 Å². The minimum absolute atomic E-state index is 0.00681. The van der Waals surface area contributed by atoms with E-state index in [4.69, 9.17) is 0 Å². The largest absolute Gasteiger partial charge is 0.329 e. The molecule has 0 saturated heterocycles. The van der Waals surface area contributed by atoms with Gasteiger partial charge in [-0.1, -0.05) is 84.4 Å². The summed E-state index contributed by atoms with van der Waals surface area (Å²) >= 11 is 0. The van der Waals surface area contributed by atoms with E-state index in [9.17, 15) is 13.2 Å². The lowest BCUT2D eigenvalue weighted by Gasteiger charge is -2.22. The molecule has 3 aromatic carbocycles. The average molecular weight is 500 g/mol. The van der Waals surface area contributed by atoms with Crippen LogP contribution in [0.4, 0.5) is 0 Å². The van der Waals surface area contributed by atoms with Crippen molar-refractivity contribution in [2.45, 2.75) is 30.9 Å². The number of rotatable bonds is 10. The molecule has 1 heterocycles. The zero-order valence-corrected chi connectivity index (χ0v) is 21.1. The Morgan fingerprint density at radius 3 is 2.22 bits per heavy atom. The van der Waals surface area contributed by atoms with E-state index in [0.717, 1.165) is 11.1 Å². The molecular weight excluding hydrogens is 470 g/mol. The second kappa shape index (κ2) is 11.2. The standard InChI is InChI=1S/C29H29N3O3S/c1-3-18-31(28(33)26-12-8-5-9-13-26)21-27-19-30-29(32(27)20-24-10-6-4-7-11-24)36(34,35)22-25-16-14-23(2)15-17-25/h3-17,19H,1,18,20-22H2,2H3. The Hall–Kier alpha value is -3.97. The Balaban J connectivity index is 1.71. The van der Waals surface area contributed by atoms with Crippen LogP contribution in [0, 0.1) is 6.92 Å². The number of imidazole rings is 1. The molecule has 1 aromatic heterocycles. The third-order valence-electron chi connectivity index (χ3n) is 5.85. The van der Waals surface area contributed by atoms with Gasteiger partial charge in [0.1, 0.15) is 0 Å². The summed E-state index contributed by atoms with van der Waals surface area (Å²) in [5.74, 6) is -0.315. The number of carbonyl (C=O) groups is 1. The predicted octanol–water partition coefficient (Wildman–Crippen LogP) is 5.04. The topological polar surface area (TPSA) is 72.3 Å². The van der Waals surface area contributed by atoms with Crippen molar-refractivity contribution in [1.82, 2.24) is 14.5 Å². The van der Waals surface area contributed by atoms with Crippen LogP contribution < -0.4 is 0 Å². The molecule has 4 aromatic rings. The first-order valence-corrected chi connectivity index (χ1v) is 13.3. The lowest BCUT2D eigenvalue weighted by molar-refractivity contribution is 0.0759. The number of aromatic nitrogens is 2. The Kier molecular flexibility index (Phi) is 7.80. The van der Waals surface area contributed by atoms with Gasteiger partial charge < -0.3 is 9.47 Å². The first kappa shape index (κ1) is 25.1. The molecule has 0 atom stereocenters. The van der Waals surface area contributed by atoms with Crippen molar-refractivity contribution in [3.8, 4) is 0 Å². The zero-order valence-electron chi connectivity index (χ0n) is 20.2. The van der Waals surface area contributed by atoms with Crippen LogP contribution in [0.25, 0.3) is 0 Å². The molecule has 36 heavy (non-hydrogen) atoms. The molecule has 0 radical (unpaired) electrons. The predicted molar refractivity (Wildman–Crippen MR) is 141 cm³/mol. The highest BCUT2D eigenvalue weighted by Gasteiger charge is 2.26. The maximum Gasteiger partial charge on any atom is 0.254 e. The second-order valence-corrected chi connectivity index (χ2v) is 10.6. The molecule has 4 rings (SSSR count). The third-order valence-corrected chi connectivity index (χ3v) is 7.45. The van der Waals surface area contributed by atoms with E-state index >= 15 is 0 Å². The Morgan fingerprint density at radius 2 is 1.58 bits per heavy atom. The fourth-order valence-corrected chi connectivity index (χ4v) is 5.50. The van der Waals surface area contributed by atoms with Gasteiger partial charge in [-0.3, -0.25) is 4.79 Å². The summed E-state index contributed by atoms with van der Waals surface area (Å²) in [5, 5.41) is -0.00681. The number of amides is 1. The molecule has 184 valence electrons. The molecule has 0 aliphatic rings. The summed E-state index contributed by atoms with van der Waals surface area (Å²) in [7, 11) is -3.75. The van der Waals surface area contributed by atoms with Crippen LogP contribution in [-0.4, -0.2) is 35.3 Å². The maximum atomic E-state index is 13.5. The smallest absolute Gasteiger partial charge is 0.254 e. The maximum absolute atomic E-state index is 13.5. The number of benzene rings is 3. The van der Waals surface area contributed by atoms with Crippen molar-refractivity contribution >= 4 is 15.7 Å². The van der Waals surface area contributed by atoms with Crippen molar-refractivity contribution in [2.24, 2.45) is 0 Å². The van der Waals surface area contributed by atoms with E-state index in [0.29, 0.717) is 29.9 Å². The van der Waals surface area contributed by atoms with Gasteiger partial charge in [0.05, 0.1) is 30.7 Å². The summed E-state index contributed by atoms with van der Waals surface area (Å²) in [6, 6.07) is 26.1. The molecule has 7 heteroatoms. The van der Waals surface area contributed by atoms with E-state index < -0.39 is 9.84 Å². The van der Waals surface area contributed by atoms with Crippen molar-refractivity contribution < 1.29 is 13.2 Å². The molecule has 6 nitrogen and oxygen atoms in total. The molecule has 0 N–H and O–H groups in total. The molecule has 0 spiro atoms. The van der Waals surface area contributed by atoms with Crippen LogP contribution in [0.5, 0.6) is 0 Å². The highest BCUT2D eigenvalue weighted by molar-refractivity contribution is 7.90. The number of hydrogen-bond acceptors (Lipinski definition) is 4. The fraction of sp³-hybridized carbons (Fsp3) is 0.172. The second-order valence-electron chi connectivity index (χ2n) is 8.69. The van der Waals surface area contributed by atoms with Crippen molar-refractivity contribution in [3.63, 3.8) is 0 Å². The Bertz CT molecular complexity index is 1430. The van der Waals surface area contributed by atoms with E-state index in [1.54, 1.807) is 33.9 Å². The van der Waals surface area contributed by atoms with Crippen LogP contribution in [-0.2, 0) is 28.7 Å². The Morgan fingerprint density at radius 1 is 0.944 bits per heavy atom. The minimum atomic E-state index is -3.75. The third kappa shape index (κ3) is 5.98. The van der Waals surface area contributed by atoms with E-state index in [2.05, 4.69) is 11.6 Å². The summed E-state index contributed by atoms with van der Waals surface area (Å²) in [5.41, 5.74) is 3.89. The van der Waals surface area contributed by atoms with Crippen LogP contribution >= 0.6 is 0 Å². The monoisotopic (exact) mass is 499 g/mol. The highest BCUT2D eigenvalue weighted by atomic mass is 32.2. The van der Waals surface area contributed by atoms with Gasteiger partial charge in [0.25, 0.3) is 5.91 Å². The van der Waals surface area contributed by atoms with Crippen LogP contribution in [0.1, 0.15) is 32.7 Å². The lowest BCUT2D eigenvalue weighted by atomic mass is 10.2. The van der Waals surface area contributed by atoms with Crippen LogP contribution in [0.2, 0.25) is 0 Å². The summed E-state index contributed by atoms with van der Waals surface area (Å²) in [6.07, 6.45) is 3.22. The first-order valence-electron chi connectivity index (χ1n) is 11.7. The van der Waals surface area contributed by atoms with Gasteiger partial charge in [-0.25, -0.2) is 13.4 Å². The number of aryl methyl sites for hydroxylation is 1. The van der Waals surface area contributed by atoms with Gasteiger partial charge in [-0.2, -0.15) is 0 Å². The number of nitrogens with zero attached hydrogens (tertiary/aromatic N) is 3. The highest BCUT2D eigenvalue weighted by Crippen LogP contribution is 2.21. The molecule has 0 fully saturated rings. The summed E-state index contributed by atoms with van der Waals surface area (Å²) in [6.45, 7) is 6.58. The minimum Gasteiger partial charge on any atom is -0.329 e.